The fourth-order valence-corrected chi connectivity index (χ4v) is 2.16. The maximum atomic E-state index is 11.8. The number of nitrogens with zero attached hydrogens (tertiary/aromatic N) is 1. The van der Waals surface area contributed by atoms with E-state index in [1.54, 1.807) is 0 Å². The number of rotatable bonds is 6. The predicted octanol–water partition coefficient (Wildman–Crippen LogP) is 1.08. The fourth-order valence-electron chi connectivity index (χ4n) is 2.16. The van der Waals surface area contributed by atoms with Gasteiger partial charge in [-0.2, -0.15) is 0 Å². The van der Waals surface area contributed by atoms with Gasteiger partial charge in [-0.05, 0) is 58.3 Å². The van der Waals surface area contributed by atoms with Crippen LogP contribution >= 0.6 is 0 Å². The normalized spacial score (nSPS) is 20.1. The van der Waals surface area contributed by atoms with E-state index in [4.69, 9.17) is 0 Å². The summed E-state index contributed by atoms with van der Waals surface area (Å²) in [5, 5.41) is 6.33. The first-order chi connectivity index (χ1) is 8.49. The van der Waals surface area contributed by atoms with Gasteiger partial charge in [0, 0.05) is 6.54 Å². The Bertz CT molecular complexity index is 247. The topological polar surface area (TPSA) is 44.4 Å². The molecule has 1 aliphatic rings. The van der Waals surface area contributed by atoms with Crippen molar-refractivity contribution in [1.29, 1.82) is 0 Å². The minimum atomic E-state index is -0.0802. The van der Waals surface area contributed by atoms with Gasteiger partial charge in [0.25, 0.3) is 0 Å². The van der Waals surface area contributed by atoms with Gasteiger partial charge in [0.05, 0.1) is 6.04 Å². The van der Waals surface area contributed by atoms with Gasteiger partial charge in [-0.3, -0.25) is 4.79 Å². The Morgan fingerprint density at radius 1 is 1.28 bits per heavy atom. The molecule has 0 saturated carbocycles. The summed E-state index contributed by atoms with van der Waals surface area (Å²) < 4.78 is 0. The molecular formula is C14H29N3O. The number of piperidine rings is 1. The van der Waals surface area contributed by atoms with Crippen LogP contribution in [0.25, 0.3) is 0 Å². The lowest BCUT2D eigenvalue weighted by atomic mass is 9.97. The summed E-state index contributed by atoms with van der Waals surface area (Å²) in [6, 6.07) is -0.0802. The molecule has 0 aromatic rings. The number of likely N-dealkylation sites (tertiary alicyclic amines) is 1. The van der Waals surface area contributed by atoms with Crippen molar-refractivity contribution in [3.63, 3.8) is 0 Å². The Hall–Kier alpha value is -0.610. The van der Waals surface area contributed by atoms with E-state index in [-0.39, 0.29) is 11.9 Å². The first kappa shape index (κ1) is 15.4. The van der Waals surface area contributed by atoms with Gasteiger partial charge in [-0.1, -0.05) is 13.8 Å². The van der Waals surface area contributed by atoms with Crippen LogP contribution in [0.5, 0.6) is 0 Å². The molecule has 4 nitrogen and oxygen atoms in total. The quantitative estimate of drug-likeness (QED) is 0.746. The Labute approximate surface area is 111 Å². The summed E-state index contributed by atoms with van der Waals surface area (Å²) in [7, 11) is 2.17. The Balaban J connectivity index is 2.15. The smallest absolute Gasteiger partial charge is 0.236 e. The zero-order valence-electron chi connectivity index (χ0n) is 12.3. The van der Waals surface area contributed by atoms with Crippen LogP contribution in [0, 0.1) is 11.8 Å². The van der Waals surface area contributed by atoms with Gasteiger partial charge >= 0.3 is 0 Å². The van der Waals surface area contributed by atoms with Crippen molar-refractivity contribution in [1.82, 2.24) is 15.5 Å². The predicted molar refractivity (Wildman–Crippen MR) is 75.5 cm³/mol. The van der Waals surface area contributed by atoms with E-state index in [1.807, 2.05) is 6.92 Å². The SMILES string of the molecule is CC(C)CNC(=O)C(C)NCC1CCN(C)CC1. The molecule has 18 heavy (non-hydrogen) atoms. The van der Waals surface area contributed by atoms with E-state index in [9.17, 15) is 4.79 Å². The van der Waals surface area contributed by atoms with Crippen molar-refractivity contribution in [2.75, 3.05) is 33.2 Å². The summed E-state index contributed by atoms with van der Waals surface area (Å²) in [6.45, 7) is 10.3. The van der Waals surface area contributed by atoms with Crippen molar-refractivity contribution in [3.05, 3.63) is 0 Å². The number of hydrogen-bond acceptors (Lipinski definition) is 3. The van der Waals surface area contributed by atoms with Crippen LogP contribution < -0.4 is 10.6 Å². The van der Waals surface area contributed by atoms with E-state index >= 15 is 0 Å². The number of carbonyl (C=O) groups excluding carboxylic acids is 1. The Kier molecular flexibility index (Phi) is 6.65. The first-order valence-corrected chi connectivity index (χ1v) is 7.18. The average molecular weight is 255 g/mol. The van der Waals surface area contributed by atoms with Gasteiger partial charge in [0.1, 0.15) is 0 Å². The third-order valence-corrected chi connectivity index (χ3v) is 3.63. The molecule has 0 aromatic carbocycles. The molecule has 0 bridgehead atoms. The van der Waals surface area contributed by atoms with Crippen molar-refractivity contribution in [3.8, 4) is 0 Å². The first-order valence-electron chi connectivity index (χ1n) is 7.18. The second kappa shape index (κ2) is 7.74. The third-order valence-electron chi connectivity index (χ3n) is 3.63. The fraction of sp³-hybridized carbons (Fsp3) is 0.929. The largest absolute Gasteiger partial charge is 0.354 e. The molecule has 106 valence electrons. The maximum Gasteiger partial charge on any atom is 0.236 e. The molecule has 1 fully saturated rings. The lowest BCUT2D eigenvalue weighted by molar-refractivity contribution is -0.122. The van der Waals surface area contributed by atoms with E-state index in [1.165, 1.54) is 25.9 Å². The number of nitrogens with one attached hydrogen (secondary N) is 2. The monoisotopic (exact) mass is 255 g/mol. The third kappa shape index (κ3) is 5.83. The van der Waals surface area contributed by atoms with Gasteiger partial charge < -0.3 is 15.5 Å². The molecule has 0 radical (unpaired) electrons. The zero-order valence-corrected chi connectivity index (χ0v) is 12.3. The van der Waals surface area contributed by atoms with Crippen molar-refractivity contribution in [2.45, 2.75) is 39.7 Å². The second-order valence-corrected chi connectivity index (χ2v) is 6.02. The number of hydrogen-bond donors (Lipinski definition) is 2. The minimum absolute atomic E-state index is 0.0802. The van der Waals surface area contributed by atoms with Crippen molar-refractivity contribution in [2.24, 2.45) is 11.8 Å². The van der Waals surface area contributed by atoms with Crippen LogP contribution in [0.1, 0.15) is 33.6 Å². The van der Waals surface area contributed by atoms with Crippen LogP contribution in [0.2, 0.25) is 0 Å². The lowest BCUT2D eigenvalue weighted by Gasteiger charge is -2.29. The van der Waals surface area contributed by atoms with Crippen molar-refractivity contribution >= 4 is 5.91 Å². The van der Waals surface area contributed by atoms with Crippen LogP contribution in [-0.4, -0.2) is 50.1 Å². The molecule has 0 aromatic heterocycles. The number of carbonyl (C=O) groups is 1. The van der Waals surface area contributed by atoms with E-state index < -0.39 is 0 Å². The second-order valence-electron chi connectivity index (χ2n) is 6.02. The molecule has 1 heterocycles. The van der Waals surface area contributed by atoms with Gasteiger partial charge in [-0.25, -0.2) is 0 Å². The molecule has 1 aliphatic heterocycles. The molecule has 1 rings (SSSR count). The van der Waals surface area contributed by atoms with Crippen LogP contribution in [0.15, 0.2) is 0 Å². The highest BCUT2D eigenvalue weighted by Crippen LogP contribution is 2.14. The maximum absolute atomic E-state index is 11.8. The molecule has 1 saturated heterocycles. The van der Waals surface area contributed by atoms with E-state index in [0.29, 0.717) is 5.92 Å². The van der Waals surface area contributed by atoms with Gasteiger partial charge in [0.2, 0.25) is 5.91 Å². The summed E-state index contributed by atoms with van der Waals surface area (Å²) in [5.41, 5.74) is 0. The Morgan fingerprint density at radius 2 is 1.89 bits per heavy atom. The van der Waals surface area contributed by atoms with Crippen LogP contribution in [-0.2, 0) is 4.79 Å². The highest BCUT2D eigenvalue weighted by molar-refractivity contribution is 5.81. The van der Waals surface area contributed by atoms with Crippen LogP contribution in [0.4, 0.5) is 0 Å². The molecule has 1 unspecified atom stereocenters. The summed E-state index contributed by atoms with van der Waals surface area (Å²) >= 11 is 0. The lowest BCUT2D eigenvalue weighted by Crippen LogP contribution is -2.45. The Morgan fingerprint density at radius 3 is 2.44 bits per heavy atom. The number of amides is 1. The molecular weight excluding hydrogens is 226 g/mol. The van der Waals surface area contributed by atoms with Gasteiger partial charge in [0.15, 0.2) is 0 Å². The molecule has 0 aliphatic carbocycles. The molecule has 1 atom stereocenters. The van der Waals surface area contributed by atoms with Crippen LogP contribution in [0.3, 0.4) is 0 Å². The van der Waals surface area contributed by atoms with E-state index in [0.717, 1.165) is 19.0 Å². The van der Waals surface area contributed by atoms with Crippen molar-refractivity contribution < 1.29 is 4.79 Å². The average Bonchev–Trinajstić information content (AvgIpc) is 2.34. The summed E-state index contributed by atoms with van der Waals surface area (Å²) in [5.74, 6) is 1.35. The molecule has 2 N–H and O–H groups in total. The molecule has 0 spiro atoms. The standard InChI is InChI=1S/C14H29N3O/c1-11(2)9-16-14(18)12(3)15-10-13-5-7-17(4)8-6-13/h11-13,15H,5-10H2,1-4H3,(H,16,18). The van der Waals surface area contributed by atoms with E-state index in [2.05, 4.69) is 36.4 Å². The highest BCUT2D eigenvalue weighted by atomic mass is 16.2. The van der Waals surface area contributed by atoms with Gasteiger partial charge in [-0.15, -0.1) is 0 Å². The highest BCUT2D eigenvalue weighted by Gasteiger charge is 2.19. The zero-order chi connectivity index (χ0) is 13.5. The summed E-state index contributed by atoms with van der Waals surface area (Å²) in [4.78, 5) is 14.2. The molecule has 4 heteroatoms. The summed E-state index contributed by atoms with van der Waals surface area (Å²) in [6.07, 6.45) is 2.48. The minimum Gasteiger partial charge on any atom is -0.354 e. The molecule has 1 amide bonds.